The van der Waals surface area contributed by atoms with E-state index in [9.17, 15) is 9.50 Å². The lowest BCUT2D eigenvalue weighted by molar-refractivity contribution is -0.578. The number of benzene rings is 5. The van der Waals surface area contributed by atoms with Crippen LogP contribution in [0.1, 0.15) is 53.7 Å². The molecule has 2 atom stereocenters. The van der Waals surface area contributed by atoms with Crippen molar-refractivity contribution in [3.8, 4) is 16.9 Å². The quantitative estimate of drug-likeness (QED) is 0.194. The average molecular weight is 556 g/mol. The number of phenols is 1. The molecule has 210 valence electrons. The van der Waals surface area contributed by atoms with Gasteiger partial charge in [0.25, 0.3) is 0 Å². The van der Waals surface area contributed by atoms with Crippen LogP contribution in [0.4, 0.5) is 10.1 Å². The third-order valence-corrected chi connectivity index (χ3v) is 8.34. The summed E-state index contributed by atoms with van der Waals surface area (Å²) in [6.07, 6.45) is 4.13. The molecular weight excluding hydrogens is 519 g/mol. The fourth-order valence-electron chi connectivity index (χ4n) is 6.27. The molecule has 42 heavy (non-hydrogen) atoms. The molecule has 0 spiro atoms. The largest absolute Gasteiger partial charge is 0.508 e. The zero-order valence-electron chi connectivity index (χ0n) is 24.1. The third kappa shape index (κ3) is 5.33. The first-order chi connectivity index (χ1) is 20.6. The van der Waals surface area contributed by atoms with Crippen LogP contribution in [0.5, 0.6) is 5.75 Å². The van der Waals surface area contributed by atoms with Gasteiger partial charge in [0, 0.05) is 16.7 Å². The summed E-state index contributed by atoms with van der Waals surface area (Å²) in [5.74, 6) is -0.0139. The van der Waals surface area contributed by atoms with E-state index in [4.69, 9.17) is 0 Å². The molecule has 5 aromatic rings. The Morgan fingerprint density at radius 1 is 0.667 bits per heavy atom. The van der Waals surface area contributed by atoms with Gasteiger partial charge in [0.2, 0.25) is 6.34 Å². The Kier molecular flexibility index (Phi) is 7.87. The van der Waals surface area contributed by atoms with Gasteiger partial charge in [-0.2, -0.15) is 0 Å². The molecule has 0 bridgehead atoms. The molecule has 0 unspecified atom stereocenters. The van der Waals surface area contributed by atoms with Gasteiger partial charge in [0.15, 0.2) is 12.1 Å². The van der Waals surface area contributed by atoms with Gasteiger partial charge in [-0.15, -0.1) is 0 Å². The number of anilines is 1. The van der Waals surface area contributed by atoms with Crippen LogP contribution >= 0.6 is 0 Å². The van der Waals surface area contributed by atoms with Crippen molar-refractivity contribution in [2.75, 3.05) is 4.90 Å². The molecular formula is C38H36FN2O+. The molecule has 0 saturated heterocycles. The zero-order valence-corrected chi connectivity index (χ0v) is 24.1. The molecule has 5 aromatic carbocycles. The number of phenolic OH excluding ortho intramolecular Hbond substituents is 1. The Labute approximate surface area is 247 Å². The van der Waals surface area contributed by atoms with Gasteiger partial charge in [0.05, 0.1) is 0 Å². The number of nitrogens with zero attached hydrogens (tertiary/aromatic N) is 2. The maximum Gasteiger partial charge on any atom is 0.240 e. The molecule has 3 nitrogen and oxygen atoms in total. The summed E-state index contributed by atoms with van der Waals surface area (Å²) >= 11 is 0. The summed E-state index contributed by atoms with van der Waals surface area (Å²) in [4.78, 5) is 2.46. The molecule has 6 rings (SSSR count). The third-order valence-electron chi connectivity index (χ3n) is 8.34. The molecule has 0 aromatic heterocycles. The van der Waals surface area contributed by atoms with Gasteiger partial charge in [-0.3, -0.25) is 4.58 Å². The fourth-order valence-corrected chi connectivity index (χ4v) is 6.27. The molecule has 0 saturated carbocycles. The number of para-hydroxylation sites is 1. The molecule has 4 heteroatoms. The van der Waals surface area contributed by atoms with Crippen molar-refractivity contribution in [2.24, 2.45) is 0 Å². The Morgan fingerprint density at radius 2 is 1.26 bits per heavy atom. The predicted octanol–water partition coefficient (Wildman–Crippen LogP) is 8.87. The van der Waals surface area contributed by atoms with E-state index in [-0.39, 0.29) is 23.7 Å². The van der Waals surface area contributed by atoms with E-state index in [0.29, 0.717) is 6.54 Å². The van der Waals surface area contributed by atoms with E-state index in [1.54, 1.807) is 18.2 Å². The van der Waals surface area contributed by atoms with Crippen LogP contribution in [0.2, 0.25) is 0 Å². The van der Waals surface area contributed by atoms with Gasteiger partial charge in [-0.1, -0.05) is 111 Å². The van der Waals surface area contributed by atoms with Gasteiger partial charge in [-0.05, 0) is 59.4 Å². The van der Waals surface area contributed by atoms with Crippen molar-refractivity contribution in [3.63, 3.8) is 0 Å². The second kappa shape index (κ2) is 12.0. The summed E-state index contributed by atoms with van der Waals surface area (Å²) < 4.78 is 16.0. The number of aromatic hydroxyl groups is 1. The second-order valence-electron chi connectivity index (χ2n) is 10.9. The minimum absolute atomic E-state index is 0.00269. The van der Waals surface area contributed by atoms with Crippen LogP contribution < -0.4 is 4.90 Å². The van der Waals surface area contributed by atoms with Gasteiger partial charge < -0.3 is 5.11 Å². The average Bonchev–Trinajstić information content (AvgIpc) is 3.41. The lowest BCUT2D eigenvalue weighted by atomic mass is 9.91. The van der Waals surface area contributed by atoms with Crippen molar-refractivity contribution in [1.29, 1.82) is 0 Å². The van der Waals surface area contributed by atoms with Crippen LogP contribution in [0.3, 0.4) is 0 Å². The minimum Gasteiger partial charge on any atom is -0.508 e. The van der Waals surface area contributed by atoms with Crippen LogP contribution in [0.15, 0.2) is 121 Å². The highest BCUT2D eigenvalue weighted by Crippen LogP contribution is 2.45. The summed E-state index contributed by atoms with van der Waals surface area (Å²) in [6, 6.07) is 40.2. The Morgan fingerprint density at radius 3 is 1.88 bits per heavy atom. The van der Waals surface area contributed by atoms with Crippen LogP contribution in [0, 0.1) is 5.82 Å². The molecule has 0 radical (unpaired) electrons. The first-order valence-electron chi connectivity index (χ1n) is 14.7. The molecule has 1 heterocycles. The van der Waals surface area contributed by atoms with Crippen LogP contribution in [-0.2, 0) is 19.4 Å². The fraction of sp³-hybridized carbons (Fsp3) is 0.184. The van der Waals surface area contributed by atoms with E-state index >= 15 is 0 Å². The van der Waals surface area contributed by atoms with Gasteiger partial charge in [-0.25, -0.2) is 9.29 Å². The molecule has 1 aliphatic rings. The molecule has 1 aliphatic heterocycles. The second-order valence-corrected chi connectivity index (χ2v) is 10.9. The number of aryl methyl sites for hydroxylation is 2. The standard InChI is InChI=1S/C38H35FN2O/c1-3-27-16-11-17-28(4-2)36(27)41-26-40(25-33-24-32(20-23-35(33)42)29-18-21-34(39)22-19-29)37(30-12-7-5-8-13-30)38(41)31-14-9-6-10-15-31/h5-24,26,37-38H,3-4,25H2,1-2H3/p+1/t37-,38-/m0/s1. The van der Waals surface area contributed by atoms with E-state index in [2.05, 4.69) is 109 Å². The van der Waals surface area contributed by atoms with Crippen LogP contribution in [-0.4, -0.2) is 16.0 Å². The van der Waals surface area contributed by atoms with Crippen LogP contribution in [0.25, 0.3) is 11.1 Å². The lowest BCUT2D eigenvalue weighted by Crippen LogP contribution is -2.28. The van der Waals surface area contributed by atoms with E-state index < -0.39 is 0 Å². The smallest absolute Gasteiger partial charge is 0.240 e. The Balaban J connectivity index is 1.52. The highest BCUT2D eigenvalue weighted by molar-refractivity contribution is 5.83. The maximum atomic E-state index is 13.6. The number of hydrogen-bond acceptors (Lipinski definition) is 2. The number of hydrogen-bond donors (Lipinski definition) is 1. The highest BCUT2D eigenvalue weighted by Gasteiger charge is 2.46. The van der Waals surface area contributed by atoms with Crippen molar-refractivity contribution >= 4 is 12.0 Å². The van der Waals surface area contributed by atoms with Gasteiger partial charge in [0.1, 0.15) is 23.8 Å². The van der Waals surface area contributed by atoms with Crippen molar-refractivity contribution in [2.45, 2.75) is 45.3 Å². The van der Waals surface area contributed by atoms with Crippen molar-refractivity contribution in [1.82, 2.24) is 0 Å². The number of rotatable bonds is 8. The van der Waals surface area contributed by atoms with E-state index in [0.717, 1.165) is 29.5 Å². The summed E-state index contributed by atoms with van der Waals surface area (Å²) in [6.45, 7) is 4.95. The zero-order chi connectivity index (χ0) is 29.1. The predicted molar refractivity (Wildman–Crippen MR) is 170 cm³/mol. The number of halogens is 1. The van der Waals surface area contributed by atoms with Crippen molar-refractivity contribution in [3.05, 3.63) is 155 Å². The highest BCUT2D eigenvalue weighted by atomic mass is 19.1. The SMILES string of the molecule is CCc1cccc(CC)c1N1C=[N+](Cc2cc(-c3ccc(F)cc3)ccc2O)[C@@H](c2ccccc2)[C@@H]1c1ccccc1. The monoisotopic (exact) mass is 555 g/mol. The maximum absolute atomic E-state index is 13.6. The minimum atomic E-state index is -0.263. The van der Waals surface area contributed by atoms with E-state index in [1.807, 2.05) is 12.1 Å². The summed E-state index contributed by atoms with van der Waals surface area (Å²) in [7, 11) is 0. The normalized spacial score (nSPS) is 16.5. The molecule has 0 amide bonds. The Bertz CT molecular complexity index is 1680. The van der Waals surface area contributed by atoms with Gasteiger partial charge >= 0.3 is 0 Å². The molecule has 1 N–H and O–H groups in total. The lowest BCUT2D eigenvalue weighted by Gasteiger charge is -2.26. The summed E-state index contributed by atoms with van der Waals surface area (Å²) in [5.41, 5.74) is 9.04. The first-order valence-corrected chi connectivity index (χ1v) is 14.7. The summed E-state index contributed by atoms with van der Waals surface area (Å²) in [5, 5.41) is 11.1. The molecule has 0 aliphatic carbocycles. The van der Waals surface area contributed by atoms with E-state index in [1.165, 1.54) is 40.1 Å². The molecule has 0 fully saturated rings. The first kappa shape index (κ1) is 27.5. The van der Waals surface area contributed by atoms with Crippen molar-refractivity contribution < 1.29 is 14.1 Å². The topological polar surface area (TPSA) is 26.5 Å². The Hall–Kier alpha value is -4.70.